The fourth-order valence-corrected chi connectivity index (χ4v) is 4.34. The summed E-state index contributed by atoms with van der Waals surface area (Å²) in [5.74, 6) is 0.750. The Labute approximate surface area is 191 Å². The molecule has 0 spiro atoms. The minimum atomic E-state index is -0.607. The molecule has 1 saturated carbocycles. The van der Waals surface area contributed by atoms with Gasteiger partial charge in [0, 0.05) is 11.3 Å². The van der Waals surface area contributed by atoms with E-state index in [-0.39, 0.29) is 5.91 Å². The SMILES string of the molecule is O=C(NC1N(CNc2ccc(C3CCCCC3)cc2)NNN1c1nn[nH]n1)c1ccccc1. The van der Waals surface area contributed by atoms with Gasteiger partial charge >= 0.3 is 0 Å². The average Bonchev–Trinajstić information content (AvgIpc) is 3.54. The molecule has 1 aliphatic carbocycles. The Morgan fingerprint density at radius 2 is 1.79 bits per heavy atom. The van der Waals surface area contributed by atoms with Gasteiger partial charge in [0.15, 0.2) is 6.29 Å². The van der Waals surface area contributed by atoms with Crippen molar-refractivity contribution >= 4 is 17.5 Å². The number of benzene rings is 2. The van der Waals surface area contributed by atoms with Crippen LogP contribution >= 0.6 is 0 Å². The lowest BCUT2D eigenvalue weighted by molar-refractivity contribution is 0.0859. The zero-order valence-corrected chi connectivity index (χ0v) is 18.2. The minimum absolute atomic E-state index is 0.221. The molecule has 2 heterocycles. The predicted octanol–water partition coefficient (Wildman–Crippen LogP) is 2.08. The van der Waals surface area contributed by atoms with Crippen LogP contribution in [0.2, 0.25) is 0 Å². The van der Waals surface area contributed by atoms with Crippen LogP contribution in [0.4, 0.5) is 11.6 Å². The molecule has 2 aliphatic rings. The molecule has 0 radical (unpaired) electrons. The zero-order chi connectivity index (χ0) is 22.5. The summed E-state index contributed by atoms with van der Waals surface area (Å²) >= 11 is 0. The molecular formula is C22H28N10O. The van der Waals surface area contributed by atoms with Crippen molar-refractivity contribution < 1.29 is 4.79 Å². The average molecular weight is 449 g/mol. The lowest BCUT2D eigenvalue weighted by Gasteiger charge is -2.27. The molecule has 3 aromatic rings. The van der Waals surface area contributed by atoms with E-state index < -0.39 is 6.29 Å². The van der Waals surface area contributed by atoms with E-state index in [1.54, 1.807) is 22.2 Å². The lowest BCUT2D eigenvalue weighted by atomic mass is 9.84. The van der Waals surface area contributed by atoms with Crippen LogP contribution in [0.3, 0.4) is 0 Å². The maximum Gasteiger partial charge on any atom is 0.284 e. The first kappa shape index (κ1) is 21.3. The molecule has 1 atom stereocenters. The van der Waals surface area contributed by atoms with E-state index >= 15 is 0 Å². The number of aromatic nitrogens is 4. The van der Waals surface area contributed by atoms with Gasteiger partial charge in [0.05, 0.1) is 6.67 Å². The molecule has 1 unspecified atom stereocenters. The van der Waals surface area contributed by atoms with Crippen LogP contribution < -0.4 is 26.7 Å². The van der Waals surface area contributed by atoms with Gasteiger partial charge in [-0.1, -0.05) is 54.7 Å². The van der Waals surface area contributed by atoms with E-state index in [0.29, 0.717) is 24.1 Å². The van der Waals surface area contributed by atoms with Gasteiger partial charge in [-0.25, -0.2) is 5.01 Å². The third-order valence-corrected chi connectivity index (χ3v) is 6.14. The predicted molar refractivity (Wildman–Crippen MR) is 123 cm³/mol. The van der Waals surface area contributed by atoms with E-state index in [9.17, 15) is 4.79 Å². The van der Waals surface area contributed by atoms with E-state index in [1.807, 2.05) is 18.2 Å². The van der Waals surface area contributed by atoms with Crippen molar-refractivity contribution in [3.63, 3.8) is 0 Å². The first-order valence-corrected chi connectivity index (χ1v) is 11.3. The number of aromatic amines is 1. The van der Waals surface area contributed by atoms with Gasteiger partial charge in [0.1, 0.15) is 0 Å². The third-order valence-electron chi connectivity index (χ3n) is 6.14. The number of carbonyl (C=O) groups is 1. The molecule has 1 aromatic heterocycles. The summed E-state index contributed by atoms with van der Waals surface area (Å²) in [6.07, 6.45) is 5.96. The molecule has 1 saturated heterocycles. The number of hydrazine groups is 3. The molecule has 0 bridgehead atoms. The highest BCUT2D eigenvalue weighted by molar-refractivity contribution is 5.94. The minimum Gasteiger partial charge on any atom is -0.371 e. The van der Waals surface area contributed by atoms with Gasteiger partial charge in [-0.2, -0.15) is 15.8 Å². The number of hydrogen-bond acceptors (Lipinski definition) is 9. The van der Waals surface area contributed by atoms with E-state index in [0.717, 1.165) is 5.69 Å². The normalized spacial score (nSPS) is 19.5. The molecule has 172 valence electrons. The summed E-state index contributed by atoms with van der Waals surface area (Å²) in [7, 11) is 0. The van der Waals surface area contributed by atoms with Crippen LogP contribution in [-0.4, -0.2) is 44.5 Å². The quantitative estimate of drug-likeness (QED) is 0.369. The van der Waals surface area contributed by atoms with Crippen molar-refractivity contribution in [2.45, 2.75) is 44.3 Å². The van der Waals surface area contributed by atoms with Crippen molar-refractivity contribution in [3.05, 3.63) is 65.7 Å². The van der Waals surface area contributed by atoms with Gasteiger partial charge in [-0.15, -0.1) is 10.6 Å². The largest absolute Gasteiger partial charge is 0.371 e. The number of amides is 1. The molecule has 5 N–H and O–H groups in total. The molecule has 11 nitrogen and oxygen atoms in total. The van der Waals surface area contributed by atoms with Crippen LogP contribution in [0.1, 0.15) is 53.9 Å². The Balaban J connectivity index is 1.25. The number of nitrogens with one attached hydrogen (secondary N) is 5. The van der Waals surface area contributed by atoms with Gasteiger partial charge in [-0.3, -0.25) is 4.79 Å². The van der Waals surface area contributed by atoms with E-state index in [2.05, 4.69) is 66.6 Å². The Hall–Kier alpha value is -3.54. The Morgan fingerprint density at radius 3 is 2.52 bits per heavy atom. The number of carbonyl (C=O) groups excluding carboxylic acids is 1. The molecule has 11 heteroatoms. The van der Waals surface area contributed by atoms with Crippen molar-refractivity contribution in [2.24, 2.45) is 0 Å². The van der Waals surface area contributed by atoms with Crippen LogP contribution in [0.15, 0.2) is 54.6 Å². The summed E-state index contributed by atoms with van der Waals surface area (Å²) < 4.78 is 0. The van der Waals surface area contributed by atoms with Crippen LogP contribution in [0.25, 0.3) is 0 Å². The highest BCUT2D eigenvalue weighted by Crippen LogP contribution is 2.33. The summed E-state index contributed by atoms with van der Waals surface area (Å²) in [5.41, 5.74) is 9.00. The molecule has 33 heavy (non-hydrogen) atoms. The molecular weight excluding hydrogens is 420 g/mol. The van der Waals surface area contributed by atoms with Crippen molar-refractivity contribution in [3.8, 4) is 0 Å². The van der Waals surface area contributed by atoms with Crippen LogP contribution in [0.5, 0.6) is 0 Å². The molecule has 1 aliphatic heterocycles. The first-order chi connectivity index (χ1) is 16.3. The second-order valence-electron chi connectivity index (χ2n) is 8.28. The monoisotopic (exact) mass is 448 g/mol. The summed E-state index contributed by atoms with van der Waals surface area (Å²) in [6.45, 7) is 0.407. The number of anilines is 2. The topological polar surface area (TPSA) is 126 Å². The van der Waals surface area contributed by atoms with Gasteiger partial charge < -0.3 is 10.6 Å². The second kappa shape index (κ2) is 9.94. The summed E-state index contributed by atoms with van der Waals surface area (Å²) in [6, 6.07) is 17.7. The van der Waals surface area contributed by atoms with E-state index in [1.165, 1.54) is 37.7 Å². The number of rotatable bonds is 7. The number of hydrogen-bond donors (Lipinski definition) is 5. The Kier molecular flexibility index (Phi) is 6.42. The highest BCUT2D eigenvalue weighted by atomic mass is 16.2. The maximum absolute atomic E-state index is 12.8. The zero-order valence-electron chi connectivity index (χ0n) is 18.2. The standard InChI is InChI=1S/C22H28N10O/c33-20(18-9-5-2-6-10-18)24-22-31(29-30-32(22)21-25-27-28-26-21)15-23-19-13-11-17(12-14-19)16-7-3-1-4-8-16/h2,5-6,9-14,16,22-23,29-30H,1,3-4,7-8,15H2,(H,24,33)(H,25,26,27,28). The molecule has 5 rings (SSSR count). The Morgan fingerprint density at radius 1 is 1.00 bits per heavy atom. The highest BCUT2D eigenvalue weighted by Gasteiger charge is 2.36. The van der Waals surface area contributed by atoms with E-state index in [4.69, 9.17) is 0 Å². The van der Waals surface area contributed by atoms with Gasteiger partial charge in [0.2, 0.25) is 0 Å². The molecule has 2 aromatic carbocycles. The number of nitrogens with zero attached hydrogens (tertiary/aromatic N) is 5. The summed E-state index contributed by atoms with van der Waals surface area (Å²) in [4.78, 5) is 12.8. The van der Waals surface area contributed by atoms with Crippen molar-refractivity contribution in [1.29, 1.82) is 0 Å². The van der Waals surface area contributed by atoms with Crippen molar-refractivity contribution in [1.82, 2.24) is 42.0 Å². The maximum atomic E-state index is 12.8. The van der Waals surface area contributed by atoms with Gasteiger partial charge in [-0.05, 0) is 53.8 Å². The fraction of sp³-hybridized carbons (Fsp3) is 0.364. The molecule has 2 fully saturated rings. The summed E-state index contributed by atoms with van der Waals surface area (Å²) in [5, 5.41) is 23.9. The second-order valence-corrected chi connectivity index (χ2v) is 8.28. The molecule has 1 amide bonds. The fourth-order valence-electron chi connectivity index (χ4n) is 4.34. The first-order valence-electron chi connectivity index (χ1n) is 11.3. The smallest absolute Gasteiger partial charge is 0.284 e. The Bertz CT molecular complexity index is 1020. The third kappa shape index (κ3) is 4.95. The lowest BCUT2D eigenvalue weighted by Crippen LogP contribution is -2.55. The van der Waals surface area contributed by atoms with Crippen LogP contribution in [0, 0.1) is 0 Å². The van der Waals surface area contributed by atoms with Crippen molar-refractivity contribution in [2.75, 3.05) is 17.0 Å². The number of H-pyrrole nitrogens is 1. The van der Waals surface area contributed by atoms with Crippen LogP contribution in [-0.2, 0) is 0 Å². The number of tetrazole rings is 1. The van der Waals surface area contributed by atoms with Gasteiger partial charge in [0.25, 0.3) is 11.9 Å².